The molecule has 1 aromatic heterocycles. The molecule has 0 saturated heterocycles. The van der Waals surface area contributed by atoms with Crippen molar-refractivity contribution < 1.29 is 9.59 Å². The van der Waals surface area contributed by atoms with Gasteiger partial charge in [-0.3, -0.25) is 20.4 Å². The second-order valence-corrected chi connectivity index (χ2v) is 4.01. The van der Waals surface area contributed by atoms with Crippen LogP contribution in [0.15, 0.2) is 6.07 Å². The van der Waals surface area contributed by atoms with Crippen LogP contribution in [0.2, 0.25) is 0 Å². The highest BCUT2D eigenvalue weighted by Crippen LogP contribution is 2.02. The molecule has 98 valence electrons. The highest BCUT2D eigenvalue weighted by atomic mass is 16.2. The number of carbonyl (C=O) groups is 2. The van der Waals surface area contributed by atoms with Crippen molar-refractivity contribution in [3.63, 3.8) is 0 Å². The fraction of sp³-hybridized carbons (Fsp3) is 0.455. The van der Waals surface area contributed by atoms with Gasteiger partial charge in [-0.05, 0) is 26.8 Å². The van der Waals surface area contributed by atoms with Crippen LogP contribution in [0.25, 0.3) is 0 Å². The van der Waals surface area contributed by atoms with Crippen molar-refractivity contribution >= 4 is 17.8 Å². The smallest absolute Gasteiger partial charge is 0.260 e. The van der Waals surface area contributed by atoms with E-state index in [-0.39, 0.29) is 11.8 Å². The third-order valence-corrected chi connectivity index (χ3v) is 2.09. The molecule has 0 aliphatic rings. The number of nitrogens with zero attached hydrogens (tertiary/aromatic N) is 2. The summed E-state index contributed by atoms with van der Waals surface area (Å²) in [4.78, 5) is 30.6. The van der Waals surface area contributed by atoms with Gasteiger partial charge in [-0.2, -0.15) is 0 Å². The normalized spacial score (nSPS) is 11.6. The number of carbonyl (C=O) groups excluding carboxylic acids is 2. The first-order chi connectivity index (χ1) is 8.38. The molecule has 2 amide bonds. The maximum absolute atomic E-state index is 11.6. The third-order valence-electron chi connectivity index (χ3n) is 2.09. The molecule has 0 radical (unpaired) electrons. The highest BCUT2D eigenvalue weighted by Gasteiger charge is 2.13. The summed E-state index contributed by atoms with van der Waals surface area (Å²) >= 11 is 0. The zero-order valence-corrected chi connectivity index (χ0v) is 10.9. The lowest BCUT2D eigenvalue weighted by molar-refractivity contribution is -0.127. The number of hydrogen-bond acceptors (Lipinski definition) is 5. The van der Waals surface area contributed by atoms with Gasteiger partial charge in [-0.25, -0.2) is 9.97 Å². The fourth-order valence-corrected chi connectivity index (χ4v) is 1.38. The van der Waals surface area contributed by atoms with Gasteiger partial charge in [0.15, 0.2) is 0 Å². The first kappa shape index (κ1) is 13.9. The van der Waals surface area contributed by atoms with Gasteiger partial charge in [-0.15, -0.1) is 0 Å². The number of aromatic nitrogens is 2. The minimum absolute atomic E-state index is 0.264. The van der Waals surface area contributed by atoms with Crippen LogP contribution in [0.1, 0.15) is 25.2 Å². The summed E-state index contributed by atoms with van der Waals surface area (Å²) in [5.74, 6) is -0.316. The molecule has 0 unspecified atom stereocenters. The van der Waals surface area contributed by atoms with E-state index in [4.69, 9.17) is 0 Å². The Bertz CT molecular complexity index is 440. The predicted molar refractivity (Wildman–Crippen MR) is 66.6 cm³/mol. The summed E-state index contributed by atoms with van der Waals surface area (Å²) in [6, 6.07) is 1.20. The summed E-state index contributed by atoms with van der Waals surface area (Å²) in [5.41, 5.74) is 6.64. The van der Waals surface area contributed by atoms with Gasteiger partial charge in [-0.1, -0.05) is 0 Å². The Balaban J connectivity index is 2.54. The first-order valence-electron chi connectivity index (χ1n) is 5.53. The molecule has 0 fully saturated rings. The monoisotopic (exact) mass is 251 g/mol. The van der Waals surface area contributed by atoms with E-state index in [0.717, 1.165) is 11.4 Å². The van der Waals surface area contributed by atoms with E-state index in [2.05, 4.69) is 26.1 Å². The molecule has 0 aliphatic carbocycles. The van der Waals surface area contributed by atoms with Crippen molar-refractivity contribution in [2.45, 2.75) is 33.7 Å². The van der Waals surface area contributed by atoms with Crippen molar-refractivity contribution in [3.05, 3.63) is 17.5 Å². The molecule has 7 nitrogen and oxygen atoms in total. The molecule has 7 heteroatoms. The van der Waals surface area contributed by atoms with Crippen molar-refractivity contribution in [1.82, 2.24) is 20.7 Å². The number of amides is 2. The van der Waals surface area contributed by atoms with E-state index in [1.807, 2.05) is 19.9 Å². The van der Waals surface area contributed by atoms with Gasteiger partial charge in [0, 0.05) is 18.3 Å². The van der Waals surface area contributed by atoms with E-state index in [1.54, 1.807) is 6.92 Å². The molecule has 0 aliphatic heterocycles. The number of hydrogen-bond donors (Lipinski definition) is 3. The number of anilines is 1. The summed E-state index contributed by atoms with van der Waals surface area (Å²) < 4.78 is 0. The zero-order valence-electron chi connectivity index (χ0n) is 10.9. The lowest BCUT2D eigenvalue weighted by atomic mass is 10.3. The molecule has 0 aromatic carbocycles. The Kier molecular flexibility index (Phi) is 4.59. The van der Waals surface area contributed by atoms with Crippen LogP contribution in [0.3, 0.4) is 0 Å². The van der Waals surface area contributed by atoms with Gasteiger partial charge in [0.1, 0.15) is 6.04 Å². The SMILES string of the molecule is CC(=O)N[C@H](C)C(=O)NNc1nc(C)cc(C)n1. The zero-order chi connectivity index (χ0) is 13.7. The Morgan fingerprint density at radius 3 is 2.28 bits per heavy atom. The number of aryl methyl sites for hydroxylation is 2. The fourth-order valence-electron chi connectivity index (χ4n) is 1.38. The highest BCUT2D eigenvalue weighted by molar-refractivity contribution is 5.86. The van der Waals surface area contributed by atoms with Crippen molar-refractivity contribution in [3.8, 4) is 0 Å². The van der Waals surface area contributed by atoms with Crippen molar-refractivity contribution in [1.29, 1.82) is 0 Å². The summed E-state index contributed by atoms with van der Waals surface area (Å²) in [6.45, 7) is 6.61. The molecule has 0 saturated carbocycles. The quantitative estimate of drug-likeness (QED) is 0.658. The van der Waals surface area contributed by atoms with E-state index < -0.39 is 6.04 Å². The minimum Gasteiger partial charge on any atom is -0.345 e. The standard InChI is InChI=1S/C11H17N5O2/c1-6-5-7(2)13-11(12-6)16-15-10(18)8(3)14-9(4)17/h5,8H,1-4H3,(H,14,17)(H,15,18)(H,12,13,16)/t8-/m1/s1. The second kappa shape index (κ2) is 5.95. The first-order valence-corrected chi connectivity index (χ1v) is 5.53. The van der Waals surface area contributed by atoms with Crippen LogP contribution in [0.5, 0.6) is 0 Å². The molecule has 1 atom stereocenters. The van der Waals surface area contributed by atoms with E-state index in [0.29, 0.717) is 5.95 Å². The van der Waals surface area contributed by atoms with Gasteiger partial charge in [0.25, 0.3) is 5.91 Å². The summed E-state index contributed by atoms with van der Waals surface area (Å²) in [7, 11) is 0. The lowest BCUT2D eigenvalue weighted by Crippen LogP contribution is -2.46. The Labute approximate surface area is 105 Å². The molecule has 1 aromatic rings. The van der Waals surface area contributed by atoms with Crippen LogP contribution in [-0.2, 0) is 9.59 Å². The summed E-state index contributed by atoms with van der Waals surface area (Å²) in [6.07, 6.45) is 0. The van der Waals surface area contributed by atoms with Gasteiger partial charge in [0.2, 0.25) is 11.9 Å². The van der Waals surface area contributed by atoms with Gasteiger partial charge >= 0.3 is 0 Å². The Morgan fingerprint density at radius 2 is 1.78 bits per heavy atom. The largest absolute Gasteiger partial charge is 0.345 e. The predicted octanol–water partition coefficient (Wildman–Crippen LogP) is 0.0611. The molecule has 3 N–H and O–H groups in total. The third kappa shape index (κ3) is 4.36. The number of rotatable bonds is 4. The number of hydrazine groups is 1. The second-order valence-electron chi connectivity index (χ2n) is 4.01. The van der Waals surface area contributed by atoms with E-state index in [9.17, 15) is 9.59 Å². The van der Waals surface area contributed by atoms with Crippen molar-refractivity contribution in [2.24, 2.45) is 0 Å². The number of nitrogens with one attached hydrogen (secondary N) is 3. The van der Waals surface area contributed by atoms with Crippen LogP contribution >= 0.6 is 0 Å². The molecular formula is C11H17N5O2. The Morgan fingerprint density at radius 1 is 1.22 bits per heavy atom. The van der Waals surface area contributed by atoms with Crippen LogP contribution in [0, 0.1) is 13.8 Å². The molecule has 1 heterocycles. The average molecular weight is 251 g/mol. The van der Waals surface area contributed by atoms with Crippen LogP contribution < -0.4 is 16.2 Å². The maximum atomic E-state index is 11.6. The topological polar surface area (TPSA) is 96.0 Å². The minimum atomic E-state index is -0.624. The average Bonchev–Trinajstić information content (AvgIpc) is 2.23. The molecule has 18 heavy (non-hydrogen) atoms. The van der Waals surface area contributed by atoms with Gasteiger partial charge in [0.05, 0.1) is 0 Å². The molecule has 0 spiro atoms. The Hall–Kier alpha value is -2.18. The lowest BCUT2D eigenvalue weighted by Gasteiger charge is -2.13. The van der Waals surface area contributed by atoms with E-state index >= 15 is 0 Å². The van der Waals surface area contributed by atoms with Crippen LogP contribution in [-0.4, -0.2) is 27.8 Å². The van der Waals surface area contributed by atoms with Crippen LogP contribution in [0.4, 0.5) is 5.95 Å². The van der Waals surface area contributed by atoms with E-state index in [1.165, 1.54) is 6.92 Å². The van der Waals surface area contributed by atoms with Crippen molar-refractivity contribution in [2.75, 3.05) is 5.43 Å². The molecule has 0 bridgehead atoms. The molecule has 1 rings (SSSR count). The molecular weight excluding hydrogens is 234 g/mol. The summed E-state index contributed by atoms with van der Waals surface area (Å²) in [5, 5.41) is 2.47. The maximum Gasteiger partial charge on any atom is 0.260 e. The van der Waals surface area contributed by atoms with Gasteiger partial charge < -0.3 is 5.32 Å².